The van der Waals surface area contributed by atoms with E-state index in [4.69, 9.17) is 5.11 Å². The van der Waals surface area contributed by atoms with Gasteiger partial charge in [0.15, 0.2) is 0 Å². The second-order valence-electron chi connectivity index (χ2n) is 5.71. The molecule has 0 aromatic rings. The van der Waals surface area contributed by atoms with Crippen LogP contribution < -0.4 is 0 Å². The molecule has 0 aliphatic carbocycles. The van der Waals surface area contributed by atoms with E-state index in [-0.39, 0.29) is 18.0 Å². The maximum atomic E-state index is 12.7. The molecule has 2 saturated heterocycles. The van der Waals surface area contributed by atoms with Crippen molar-refractivity contribution in [1.29, 1.82) is 0 Å². The van der Waals surface area contributed by atoms with Crippen molar-refractivity contribution >= 4 is 23.8 Å². The second-order valence-corrected chi connectivity index (χ2v) is 6.92. The van der Waals surface area contributed by atoms with Crippen LogP contribution in [-0.4, -0.2) is 68.9 Å². The molecule has 120 valence electrons. The number of hydrogen-bond acceptors (Lipinski definition) is 4. The molecule has 7 heteroatoms. The number of nitrogens with zero attached hydrogens (tertiary/aromatic N) is 2. The average molecular weight is 316 g/mol. The van der Waals surface area contributed by atoms with Gasteiger partial charge in [-0.1, -0.05) is 6.92 Å². The molecular weight excluding hydrogens is 292 g/mol. The van der Waals surface area contributed by atoms with Crippen LogP contribution in [0.3, 0.4) is 0 Å². The molecule has 0 bridgehead atoms. The number of rotatable bonds is 4. The first-order valence-corrected chi connectivity index (χ1v) is 8.65. The lowest BCUT2D eigenvalue weighted by Crippen LogP contribution is -2.53. The lowest BCUT2D eigenvalue weighted by atomic mass is 9.95. The number of urea groups is 1. The summed E-state index contributed by atoms with van der Waals surface area (Å²) in [5.74, 6) is -0.130. The van der Waals surface area contributed by atoms with Gasteiger partial charge in [0.1, 0.15) is 6.04 Å². The Balaban J connectivity index is 2.07. The Morgan fingerprint density at radius 2 is 2.14 bits per heavy atom. The maximum Gasteiger partial charge on any atom is 0.327 e. The lowest BCUT2D eigenvalue weighted by Gasteiger charge is -2.37. The zero-order valence-electron chi connectivity index (χ0n) is 12.4. The molecule has 2 aliphatic heterocycles. The predicted molar refractivity (Wildman–Crippen MR) is 81.2 cm³/mol. The summed E-state index contributed by atoms with van der Waals surface area (Å²) in [5, 5.41) is 18.3. The van der Waals surface area contributed by atoms with E-state index in [2.05, 4.69) is 0 Å². The summed E-state index contributed by atoms with van der Waals surface area (Å²) in [6, 6.07) is -0.868. The van der Waals surface area contributed by atoms with Gasteiger partial charge in [-0.15, -0.1) is 11.8 Å². The van der Waals surface area contributed by atoms with E-state index in [0.29, 0.717) is 31.2 Å². The quantitative estimate of drug-likeness (QED) is 0.820. The molecule has 0 aromatic heterocycles. The molecule has 21 heavy (non-hydrogen) atoms. The number of likely N-dealkylation sites (tertiary alicyclic amines) is 1. The van der Waals surface area contributed by atoms with Gasteiger partial charge in [0.05, 0.1) is 5.37 Å². The molecule has 3 atom stereocenters. The Kier molecular flexibility index (Phi) is 5.75. The van der Waals surface area contributed by atoms with Crippen molar-refractivity contribution in [3.05, 3.63) is 0 Å². The number of thioether (sulfide) groups is 1. The van der Waals surface area contributed by atoms with Crippen LogP contribution in [0.1, 0.15) is 32.6 Å². The van der Waals surface area contributed by atoms with Crippen LogP contribution in [0.5, 0.6) is 0 Å². The smallest absolute Gasteiger partial charge is 0.327 e. The molecule has 2 fully saturated rings. The van der Waals surface area contributed by atoms with Crippen molar-refractivity contribution in [2.75, 3.05) is 25.4 Å². The lowest BCUT2D eigenvalue weighted by molar-refractivity contribution is -0.141. The van der Waals surface area contributed by atoms with E-state index in [9.17, 15) is 14.7 Å². The van der Waals surface area contributed by atoms with E-state index in [1.54, 1.807) is 21.6 Å². The molecule has 0 spiro atoms. The van der Waals surface area contributed by atoms with Gasteiger partial charge in [0.2, 0.25) is 0 Å². The number of piperidine rings is 1. The minimum Gasteiger partial charge on any atom is -0.480 e. The number of aliphatic hydroxyl groups is 1. The van der Waals surface area contributed by atoms with Gasteiger partial charge in [-0.2, -0.15) is 0 Å². The van der Waals surface area contributed by atoms with Gasteiger partial charge >= 0.3 is 12.0 Å². The first-order chi connectivity index (χ1) is 10.1. The Morgan fingerprint density at radius 1 is 1.38 bits per heavy atom. The monoisotopic (exact) mass is 316 g/mol. The predicted octanol–water partition coefficient (Wildman–Crippen LogP) is 1.44. The third-order valence-electron chi connectivity index (χ3n) is 4.27. The zero-order valence-corrected chi connectivity index (χ0v) is 13.2. The molecule has 0 aromatic carbocycles. The number of amides is 2. The minimum atomic E-state index is -0.921. The minimum absolute atomic E-state index is 0.0446. The van der Waals surface area contributed by atoms with E-state index < -0.39 is 12.0 Å². The van der Waals surface area contributed by atoms with E-state index in [1.165, 1.54) is 0 Å². The Labute approximate surface area is 129 Å². The van der Waals surface area contributed by atoms with Gasteiger partial charge in [-0.25, -0.2) is 9.59 Å². The number of carbonyl (C=O) groups excluding carboxylic acids is 1. The third kappa shape index (κ3) is 3.63. The molecule has 6 nitrogen and oxygen atoms in total. The Bertz CT molecular complexity index is 391. The van der Waals surface area contributed by atoms with Gasteiger partial charge < -0.3 is 15.1 Å². The molecule has 2 rings (SSSR count). The molecule has 3 unspecified atom stereocenters. The highest BCUT2D eigenvalue weighted by Gasteiger charge is 2.43. The molecule has 2 heterocycles. The first-order valence-electron chi connectivity index (χ1n) is 7.61. The van der Waals surface area contributed by atoms with E-state index >= 15 is 0 Å². The molecular formula is C14H24N2O4S. The number of carboxylic acid groups (broad SMARTS) is 1. The van der Waals surface area contributed by atoms with Gasteiger partial charge in [-0.3, -0.25) is 4.90 Å². The first kappa shape index (κ1) is 16.4. The number of hydrogen-bond donors (Lipinski definition) is 2. The van der Waals surface area contributed by atoms with Crippen LogP contribution in [0.4, 0.5) is 4.79 Å². The molecule has 0 radical (unpaired) electrons. The fourth-order valence-corrected chi connectivity index (χ4v) is 4.49. The molecule has 2 N–H and O–H groups in total. The highest BCUT2D eigenvalue weighted by atomic mass is 32.2. The maximum absolute atomic E-state index is 12.7. The zero-order chi connectivity index (χ0) is 15.4. The largest absolute Gasteiger partial charge is 0.480 e. The number of aliphatic carboxylic acids is 1. The normalized spacial score (nSPS) is 29.7. The molecule has 2 aliphatic rings. The van der Waals surface area contributed by atoms with Crippen molar-refractivity contribution < 1.29 is 19.8 Å². The summed E-state index contributed by atoms with van der Waals surface area (Å²) in [4.78, 5) is 27.4. The Hall–Kier alpha value is -0.950. The fraction of sp³-hybridized carbons (Fsp3) is 0.857. The van der Waals surface area contributed by atoms with Crippen molar-refractivity contribution in [3.8, 4) is 0 Å². The van der Waals surface area contributed by atoms with Crippen LogP contribution in [0.2, 0.25) is 0 Å². The summed E-state index contributed by atoms with van der Waals surface area (Å²) in [6.07, 6.45) is 3.41. The summed E-state index contributed by atoms with van der Waals surface area (Å²) in [5.41, 5.74) is 0. The van der Waals surface area contributed by atoms with Crippen LogP contribution in [0.15, 0.2) is 0 Å². The van der Waals surface area contributed by atoms with Crippen LogP contribution in [0.25, 0.3) is 0 Å². The topological polar surface area (TPSA) is 81.1 Å². The number of carbonyl (C=O) groups is 2. The summed E-state index contributed by atoms with van der Waals surface area (Å²) in [7, 11) is 0. The standard InChI is InChI=1S/C14H24N2O4S/c1-2-12-16(11(9-21-12)13(18)19)14(20)15-6-3-4-10(8-15)5-7-17/h10-12,17H,2-9H2,1H3,(H,18,19). The van der Waals surface area contributed by atoms with Crippen LogP contribution in [-0.2, 0) is 4.79 Å². The average Bonchev–Trinajstić information content (AvgIpc) is 2.91. The van der Waals surface area contributed by atoms with Gasteiger partial charge in [0.25, 0.3) is 0 Å². The van der Waals surface area contributed by atoms with Gasteiger partial charge in [-0.05, 0) is 31.6 Å². The molecule has 0 saturated carbocycles. The number of aliphatic hydroxyl groups excluding tert-OH is 1. The SMILES string of the molecule is CCC1SCC(C(=O)O)N1C(=O)N1CCCC(CCO)C1. The van der Waals surface area contributed by atoms with E-state index in [0.717, 1.165) is 19.3 Å². The van der Waals surface area contributed by atoms with Crippen molar-refractivity contribution in [2.45, 2.75) is 44.0 Å². The fourth-order valence-electron chi connectivity index (χ4n) is 3.15. The van der Waals surface area contributed by atoms with Crippen LogP contribution >= 0.6 is 11.8 Å². The van der Waals surface area contributed by atoms with Crippen molar-refractivity contribution in [2.24, 2.45) is 5.92 Å². The van der Waals surface area contributed by atoms with E-state index in [1.807, 2.05) is 6.92 Å². The van der Waals surface area contributed by atoms with Gasteiger partial charge in [0, 0.05) is 25.4 Å². The summed E-state index contributed by atoms with van der Waals surface area (Å²) < 4.78 is 0. The highest BCUT2D eigenvalue weighted by molar-refractivity contribution is 8.00. The van der Waals surface area contributed by atoms with Crippen molar-refractivity contribution in [3.63, 3.8) is 0 Å². The highest BCUT2D eigenvalue weighted by Crippen LogP contribution is 2.33. The Morgan fingerprint density at radius 3 is 2.76 bits per heavy atom. The summed E-state index contributed by atoms with van der Waals surface area (Å²) in [6.45, 7) is 3.43. The second kappa shape index (κ2) is 7.35. The van der Waals surface area contributed by atoms with Crippen molar-refractivity contribution in [1.82, 2.24) is 9.80 Å². The third-order valence-corrected chi connectivity index (χ3v) is 5.73. The summed E-state index contributed by atoms with van der Waals surface area (Å²) >= 11 is 1.55. The number of carboxylic acids is 1. The molecule has 2 amide bonds. The van der Waals surface area contributed by atoms with Crippen LogP contribution in [0, 0.1) is 5.92 Å².